The molecule has 1 aliphatic carbocycles. The fraction of sp³-hybridized carbons (Fsp3) is 0.923. The molecule has 1 saturated carbocycles. The van der Waals surface area contributed by atoms with Gasteiger partial charge in [-0.3, -0.25) is 4.79 Å². The minimum absolute atomic E-state index is 0.0328. The van der Waals surface area contributed by atoms with E-state index in [1.54, 1.807) is 0 Å². The van der Waals surface area contributed by atoms with E-state index >= 15 is 0 Å². The Morgan fingerprint density at radius 1 is 1.35 bits per heavy atom. The van der Waals surface area contributed by atoms with Crippen molar-refractivity contribution in [1.82, 2.24) is 10.6 Å². The van der Waals surface area contributed by atoms with Crippen LogP contribution >= 0.6 is 0 Å². The molecule has 1 fully saturated rings. The third-order valence-corrected chi connectivity index (χ3v) is 3.91. The molecule has 100 valence electrons. The second-order valence-electron chi connectivity index (χ2n) is 5.22. The van der Waals surface area contributed by atoms with Gasteiger partial charge in [0, 0.05) is 12.0 Å². The van der Waals surface area contributed by atoms with Crippen LogP contribution in [0.3, 0.4) is 0 Å². The first-order valence-electron chi connectivity index (χ1n) is 6.74. The van der Waals surface area contributed by atoms with Crippen LogP contribution in [0.15, 0.2) is 0 Å². The zero-order valence-electron chi connectivity index (χ0n) is 11.1. The van der Waals surface area contributed by atoms with Crippen LogP contribution in [0, 0.1) is 11.3 Å². The van der Waals surface area contributed by atoms with Crippen LogP contribution in [0.5, 0.6) is 0 Å². The van der Waals surface area contributed by atoms with E-state index < -0.39 is 0 Å². The van der Waals surface area contributed by atoms with Gasteiger partial charge >= 0.3 is 0 Å². The summed E-state index contributed by atoms with van der Waals surface area (Å²) in [5, 5.41) is 15.5. The lowest BCUT2D eigenvalue weighted by molar-refractivity contribution is -0.121. The molecule has 0 spiro atoms. The summed E-state index contributed by atoms with van der Waals surface area (Å²) in [7, 11) is 0. The lowest BCUT2D eigenvalue weighted by Crippen LogP contribution is -2.42. The number of hydrogen-bond acceptors (Lipinski definition) is 3. The maximum atomic E-state index is 11.6. The molecule has 1 amide bonds. The first-order chi connectivity index (χ1) is 8.15. The van der Waals surface area contributed by atoms with Gasteiger partial charge in [0.25, 0.3) is 0 Å². The zero-order valence-corrected chi connectivity index (χ0v) is 11.1. The number of hydrogen-bond donors (Lipinski definition) is 3. The zero-order chi connectivity index (χ0) is 12.7. The summed E-state index contributed by atoms with van der Waals surface area (Å²) in [5.74, 6) is 0.830. The topological polar surface area (TPSA) is 61.4 Å². The van der Waals surface area contributed by atoms with Crippen molar-refractivity contribution in [3.05, 3.63) is 0 Å². The number of amides is 1. The van der Waals surface area contributed by atoms with Crippen molar-refractivity contribution in [2.45, 2.75) is 39.5 Å². The van der Waals surface area contributed by atoms with Crippen molar-refractivity contribution >= 4 is 5.91 Å². The smallest absolute Gasteiger partial charge is 0.233 e. The molecule has 0 bridgehead atoms. The predicted molar refractivity (Wildman–Crippen MR) is 68.7 cm³/mol. The van der Waals surface area contributed by atoms with Gasteiger partial charge in [-0.25, -0.2) is 0 Å². The van der Waals surface area contributed by atoms with E-state index in [1.165, 1.54) is 12.8 Å². The lowest BCUT2D eigenvalue weighted by Gasteiger charge is -2.29. The Morgan fingerprint density at radius 2 is 2.00 bits per heavy atom. The molecule has 1 aliphatic rings. The lowest BCUT2D eigenvalue weighted by atomic mass is 9.83. The Balaban J connectivity index is 2.15. The normalized spacial score (nSPS) is 15.9. The highest BCUT2D eigenvalue weighted by Gasteiger charge is 2.26. The average molecular weight is 242 g/mol. The number of aliphatic hydroxyl groups excluding tert-OH is 1. The molecule has 0 aliphatic heterocycles. The molecule has 0 atom stereocenters. The molecule has 3 N–H and O–H groups in total. The van der Waals surface area contributed by atoms with Crippen molar-refractivity contribution in [3.63, 3.8) is 0 Å². The van der Waals surface area contributed by atoms with E-state index in [1.807, 2.05) is 0 Å². The van der Waals surface area contributed by atoms with Crippen LogP contribution in [-0.4, -0.2) is 37.3 Å². The maximum absolute atomic E-state index is 11.6. The summed E-state index contributed by atoms with van der Waals surface area (Å²) >= 11 is 0. The van der Waals surface area contributed by atoms with E-state index in [-0.39, 0.29) is 17.9 Å². The fourth-order valence-electron chi connectivity index (χ4n) is 1.84. The Morgan fingerprint density at radius 3 is 2.47 bits per heavy atom. The third-order valence-electron chi connectivity index (χ3n) is 3.91. The van der Waals surface area contributed by atoms with Crippen molar-refractivity contribution in [2.75, 3.05) is 26.2 Å². The molecule has 0 radical (unpaired) electrons. The van der Waals surface area contributed by atoms with Crippen molar-refractivity contribution < 1.29 is 9.90 Å². The Hall–Kier alpha value is -0.610. The van der Waals surface area contributed by atoms with Gasteiger partial charge in [0.2, 0.25) is 5.91 Å². The van der Waals surface area contributed by atoms with Crippen LogP contribution in [0.4, 0.5) is 0 Å². The van der Waals surface area contributed by atoms with E-state index in [0.717, 1.165) is 25.3 Å². The largest absolute Gasteiger partial charge is 0.396 e. The molecule has 1 rings (SSSR count). The minimum Gasteiger partial charge on any atom is -0.396 e. The molecular formula is C13H26N2O2. The van der Waals surface area contributed by atoms with Crippen LogP contribution < -0.4 is 10.6 Å². The molecule has 4 nitrogen and oxygen atoms in total. The summed E-state index contributed by atoms with van der Waals surface area (Å²) in [4.78, 5) is 11.6. The summed E-state index contributed by atoms with van der Waals surface area (Å²) in [6, 6.07) is 0. The Kier molecular flexibility index (Phi) is 5.92. The predicted octanol–water partition coefficient (Wildman–Crippen LogP) is 0.901. The van der Waals surface area contributed by atoms with E-state index in [2.05, 4.69) is 24.5 Å². The van der Waals surface area contributed by atoms with Gasteiger partial charge in [-0.15, -0.1) is 0 Å². The molecule has 0 aromatic rings. The van der Waals surface area contributed by atoms with Gasteiger partial charge in [0.1, 0.15) is 0 Å². The molecule has 4 heteroatoms. The number of carbonyl (C=O) groups excluding carboxylic acids is 1. The van der Waals surface area contributed by atoms with Gasteiger partial charge < -0.3 is 15.7 Å². The fourth-order valence-corrected chi connectivity index (χ4v) is 1.84. The van der Waals surface area contributed by atoms with E-state index in [4.69, 9.17) is 0 Å². The third kappa shape index (κ3) is 5.04. The van der Waals surface area contributed by atoms with E-state index in [0.29, 0.717) is 13.1 Å². The SMILES string of the molecule is CCC(CC)(CO)CNC(=O)CNCC1CC1. The highest BCUT2D eigenvalue weighted by Crippen LogP contribution is 2.27. The Bertz CT molecular complexity index is 227. The van der Waals surface area contributed by atoms with Gasteiger partial charge in [0.05, 0.1) is 13.2 Å². The number of carbonyl (C=O) groups is 1. The quantitative estimate of drug-likeness (QED) is 0.563. The molecule has 0 saturated heterocycles. The number of rotatable bonds is 9. The van der Waals surface area contributed by atoms with Crippen molar-refractivity contribution in [3.8, 4) is 0 Å². The molecule has 0 aromatic carbocycles. The summed E-state index contributed by atoms with van der Waals surface area (Å²) in [6.07, 6.45) is 4.37. The van der Waals surface area contributed by atoms with Crippen LogP contribution in [-0.2, 0) is 4.79 Å². The summed E-state index contributed by atoms with van der Waals surface area (Å²) < 4.78 is 0. The van der Waals surface area contributed by atoms with Gasteiger partial charge in [0.15, 0.2) is 0 Å². The first kappa shape index (κ1) is 14.5. The average Bonchev–Trinajstić information content (AvgIpc) is 3.16. The highest BCUT2D eigenvalue weighted by molar-refractivity contribution is 5.78. The second kappa shape index (κ2) is 6.97. The second-order valence-corrected chi connectivity index (χ2v) is 5.22. The van der Waals surface area contributed by atoms with Crippen molar-refractivity contribution in [2.24, 2.45) is 11.3 Å². The first-order valence-corrected chi connectivity index (χ1v) is 6.74. The number of aliphatic hydroxyl groups is 1. The standard InChI is InChI=1S/C13H26N2O2/c1-3-13(4-2,10-16)9-15-12(17)8-14-7-11-5-6-11/h11,14,16H,3-10H2,1-2H3,(H,15,17). The monoisotopic (exact) mass is 242 g/mol. The van der Waals surface area contributed by atoms with Gasteiger partial charge in [-0.2, -0.15) is 0 Å². The van der Waals surface area contributed by atoms with Crippen LogP contribution in [0.1, 0.15) is 39.5 Å². The summed E-state index contributed by atoms with van der Waals surface area (Å²) in [6.45, 7) is 6.16. The molecule has 0 heterocycles. The Labute approximate surface area is 104 Å². The van der Waals surface area contributed by atoms with Crippen molar-refractivity contribution in [1.29, 1.82) is 0 Å². The summed E-state index contributed by atoms with van der Waals surface area (Å²) in [5.41, 5.74) is -0.147. The molecule has 17 heavy (non-hydrogen) atoms. The molecule has 0 unspecified atom stereocenters. The highest BCUT2D eigenvalue weighted by atomic mass is 16.3. The molecular weight excluding hydrogens is 216 g/mol. The van der Waals surface area contributed by atoms with Crippen LogP contribution in [0.2, 0.25) is 0 Å². The van der Waals surface area contributed by atoms with Gasteiger partial charge in [-0.1, -0.05) is 13.8 Å². The van der Waals surface area contributed by atoms with Crippen LogP contribution in [0.25, 0.3) is 0 Å². The number of nitrogens with one attached hydrogen (secondary N) is 2. The minimum atomic E-state index is -0.147. The van der Waals surface area contributed by atoms with Gasteiger partial charge in [-0.05, 0) is 38.1 Å². The van der Waals surface area contributed by atoms with E-state index in [9.17, 15) is 9.90 Å². The maximum Gasteiger partial charge on any atom is 0.233 e. The molecule has 0 aromatic heterocycles.